The molecule has 1 aliphatic rings. The van der Waals surface area contributed by atoms with Gasteiger partial charge in [0.2, 0.25) is 0 Å². The van der Waals surface area contributed by atoms with Gasteiger partial charge in [0.15, 0.2) is 10.5 Å². The van der Waals surface area contributed by atoms with Gasteiger partial charge < -0.3 is 9.42 Å². The van der Waals surface area contributed by atoms with E-state index in [4.69, 9.17) is 4.52 Å². The highest BCUT2D eigenvalue weighted by atomic mass is 32.1. The van der Waals surface area contributed by atoms with Crippen LogP contribution in [-0.4, -0.2) is 39.1 Å². The Hall–Kier alpha value is -2.58. The fraction of sp³-hybridized carbons (Fsp3) is 0.409. The van der Waals surface area contributed by atoms with Gasteiger partial charge in [-0.1, -0.05) is 5.16 Å². The van der Waals surface area contributed by atoms with Crippen molar-refractivity contribution in [2.24, 2.45) is 0 Å². The van der Waals surface area contributed by atoms with Crippen LogP contribution in [0.1, 0.15) is 40.7 Å². The van der Waals surface area contributed by atoms with Gasteiger partial charge in [0.1, 0.15) is 5.82 Å². The predicted octanol–water partition coefficient (Wildman–Crippen LogP) is 4.08. The number of hydrogen-bond donors (Lipinski definition) is 0. The Kier molecular flexibility index (Phi) is 4.91. The average molecular weight is 427 g/mol. The molecule has 1 aliphatic heterocycles. The summed E-state index contributed by atoms with van der Waals surface area (Å²) < 4.78 is 20.8. The van der Waals surface area contributed by atoms with Gasteiger partial charge in [0, 0.05) is 46.2 Å². The minimum Gasteiger partial charge on any atom is -0.356 e. The van der Waals surface area contributed by atoms with Crippen LogP contribution in [0.5, 0.6) is 0 Å². The Balaban J connectivity index is 1.24. The number of aryl methyl sites for hydroxylation is 2. The predicted molar refractivity (Wildman–Crippen MR) is 115 cm³/mol. The van der Waals surface area contributed by atoms with Crippen LogP contribution >= 0.6 is 11.3 Å². The summed E-state index contributed by atoms with van der Waals surface area (Å²) in [6.45, 7) is 7.03. The molecular weight excluding hydrogens is 403 g/mol. The van der Waals surface area contributed by atoms with E-state index >= 15 is 0 Å². The number of piperidine rings is 1. The van der Waals surface area contributed by atoms with Crippen molar-refractivity contribution < 1.29 is 8.91 Å². The van der Waals surface area contributed by atoms with E-state index < -0.39 is 0 Å². The second-order valence-electron chi connectivity index (χ2n) is 8.04. The van der Waals surface area contributed by atoms with Crippen LogP contribution < -0.4 is 5.56 Å². The van der Waals surface area contributed by atoms with Gasteiger partial charge in [-0.25, -0.2) is 4.39 Å². The first kappa shape index (κ1) is 19.4. The lowest BCUT2D eigenvalue weighted by Gasteiger charge is -2.31. The van der Waals surface area contributed by atoms with Crippen molar-refractivity contribution in [3.8, 4) is 0 Å². The largest absolute Gasteiger partial charge is 0.356 e. The van der Waals surface area contributed by atoms with Crippen molar-refractivity contribution in [3.63, 3.8) is 0 Å². The summed E-state index contributed by atoms with van der Waals surface area (Å²) in [6, 6.07) is 6.23. The third kappa shape index (κ3) is 3.44. The molecule has 8 heteroatoms. The lowest BCUT2D eigenvalue weighted by Crippen LogP contribution is -2.34. The summed E-state index contributed by atoms with van der Waals surface area (Å²) in [7, 11) is 0. The fourth-order valence-electron chi connectivity index (χ4n) is 4.50. The molecule has 1 saturated heterocycles. The molecule has 4 aromatic rings. The standard InChI is InChI=1S/C22H23FN4O2S/c1-13-11-20(28)24-22-27(13)14(2)19(30-22)7-10-26-8-5-15(6-9-26)21-17-4-3-16(23)12-18(17)29-25-21/h3-4,11-12,15H,5-10H2,1-2H3. The first-order chi connectivity index (χ1) is 14.5. The lowest BCUT2D eigenvalue weighted by molar-refractivity contribution is 0.212. The van der Waals surface area contributed by atoms with Crippen LogP contribution in [0.15, 0.2) is 33.6 Å². The summed E-state index contributed by atoms with van der Waals surface area (Å²) in [5.41, 5.74) is 3.42. The van der Waals surface area contributed by atoms with E-state index in [1.54, 1.807) is 23.5 Å². The Morgan fingerprint density at radius 3 is 2.83 bits per heavy atom. The van der Waals surface area contributed by atoms with Gasteiger partial charge in [0.05, 0.1) is 5.69 Å². The zero-order valence-corrected chi connectivity index (χ0v) is 17.8. The van der Waals surface area contributed by atoms with Gasteiger partial charge in [-0.2, -0.15) is 4.98 Å². The van der Waals surface area contributed by atoms with Crippen LogP contribution in [0.2, 0.25) is 0 Å². The van der Waals surface area contributed by atoms with Crippen molar-refractivity contribution in [2.75, 3.05) is 19.6 Å². The minimum absolute atomic E-state index is 0.175. The van der Waals surface area contributed by atoms with Crippen molar-refractivity contribution >= 4 is 27.3 Å². The van der Waals surface area contributed by atoms with Gasteiger partial charge >= 0.3 is 0 Å². The maximum Gasteiger partial charge on any atom is 0.274 e. The molecule has 0 radical (unpaired) electrons. The molecule has 0 saturated carbocycles. The molecule has 156 valence electrons. The summed E-state index contributed by atoms with van der Waals surface area (Å²) in [5.74, 6) is 0.0449. The topological polar surface area (TPSA) is 63.6 Å². The second kappa shape index (κ2) is 7.59. The normalized spacial score (nSPS) is 16.1. The summed E-state index contributed by atoms with van der Waals surface area (Å²) >= 11 is 1.61. The van der Waals surface area contributed by atoms with E-state index in [0.717, 1.165) is 60.6 Å². The molecule has 30 heavy (non-hydrogen) atoms. The number of thiazole rings is 1. The van der Waals surface area contributed by atoms with E-state index in [9.17, 15) is 9.18 Å². The number of benzene rings is 1. The van der Waals surface area contributed by atoms with E-state index in [0.29, 0.717) is 11.5 Å². The maximum atomic E-state index is 13.4. The molecule has 0 N–H and O–H groups in total. The van der Waals surface area contributed by atoms with Gasteiger partial charge in [0.25, 0.3) is 5.56 Å². The van der Waals surface area contributed by atoms with Crippen LogP contribution in [0.25, 0.3) is 15.9 Å². The molecule has 4 heterocycles. The molecule has 3 aromatic heterocycles. The zero-order chi connectivity index (χ0) is 20.8. The van der Waals surface area contributed by atoms with E-state index in [-0.39, 0.29) is 11.4 Å². The monoisotopic (exact) mass is 426 g/mol. The molecule has 0 amide bonds. The Bertz CT molecular complexity index is 1280. The van der Waals surface area contributed by atoms with Crippen molar-refractivity contribution in [1.29, 1.82) is 0 Å². The highest BCUT2D eigenvalue weighted by molar-refractivity contribution is 7.17. The van der Waals surface area contributed by atoms with Crippen LogP contribution in [0, 0.1) is 19.7 Å². The lowest BCUT2D eigenvalue weighted by atomic mass is 9.91. The molecule has 0 bridgehead atoms. The molecule has 0 aliphatic carbocycles. The first-order valence-corrected chi connectivity index (χ1v) is 11.1. The highest BCUT2D eigenvalue weighted by Crippen LogP contribution is 2.33. The Morgan fingerprint density at radius 1 is 1.23 bits per heavy atom. The molecule has 1 fully saturated rings. The molecule has 6 nitrogen and oxygen atoms in total. The van der Waals surface area contributed by atoms with Gasteiger partial charge in [-0.15, -0.1) is 11.3 Å². The van der Waals surface area contributed by atoms with Crippen LogP contribution in [-0.2, 0) is 6.42 Å². The van der Waals surface area contributed by atoms with Gasteiger partial charge in [-0.3, -0.25) is 9.20 Å². The quantitative estimate of drug-likeness (QED) is 0.492. The number of aromatic nitrogens is 3. The molecule has 0 unspecified atom stereocenters. The number of likely N-dealkylation sites (tertiary alicyclic amines) is 1. The van der Waals surface area contributed by atoms with E-state index in [2.05, 4.69) is 26.4 Å². The summed E-state index contributed by atoms with van der Waals surface area (Å²) in [4.78, 5) is 20.4. The summed E-state index contributed by atoms with van der Waals surface area (Å²) in [6.07, 6.45) is 2.98. The van der Waals surface area contributed by atoms with Crippen LogP contribution in [0.3, 0.4) is 0 Å². The smallest absolute Gasteiger partial charge is 0.274 e. The number of nitrogens with zero attached hydrogens (tertiary/aromatic N) is 4. The van der Waals surface area contributed by atoms with Gasteiger partial charge in [-0.05, 0) is 58.3 Å². The summed E-state index contributed by atoms with van der Waals surface area (Å²) in [5, 5.41) is 5.16. The highest BCUT2D eigenvalue weighted by Gasteiger charge is 2.25. The average Bonchev–Trinajstić information content (AvgIpc) is 3.27. The number of fused-ring (bicyclic) bond motifs is 2. The third-order valence-electron chi connectivity index (χ3n) is 6.13. The zero-order valence-electron chi connectivity index (χ0n) is 17.0. The second-order valence-corrected chi connectivity index (χ2v) is 9.10. The molecule has 0 spiro atoms. The fourth-order valence-corrected chi connectivity index (χ4v) is 5.66. The third-order valence-corrected chi connectivity index (χ3v) is 7.33. The van der Waals surface area contributed by atoms with Crippen molar-refractivity contribution in [1.82, 2.24) is 19.4 Å². The number of halogens is 1. The Morgan fingerprint density at radius 2 is 2.03 bits per heavy atom. The van der Waals surface area contributed by atoms with Crippen molar-refractivity contribution in [3.05, 3.63) is 62.4 Å². The maximum absolute atomic E-state index is 13.4. The molecule has 5 rings (SSSR count). The SMILES string of the molecule is Cc1cc(=O)nc2sc(CCN3CCC(c4noc5cc(F)ccc45)CC3)c(C)n12. The first-order valence-electron chi connectivity index (χ1n) is 10.3. The Labute approximate surface area is 176 Å². The van der Waals surface area contributed by atoms with E-state index in [1.807, 2.05) is 6.92 Å². The van der Waals surface area contributed by atoms with Crippen LogP contribution in [0.4, 0.5) is 4.39 Å². The van der Waals surface area contributed by atoms with Crippen molar-refractivity contribution in [2.45, 2.75) is 39.0 Å². The molecular formula is C22H23FN4O2S. The van der Waals surface area contributed by atoms with E-state index in [1.165, 1.54) is 22.7 Å². The number of hydrogen-bond acceptors (Lipinski definition) is 6. The molecule has 0 atom stereocenters. The molecule has 1 aromatic carbocycles. The number of rotatable bonds is 4. The minimum atomic E-state index is -0.299.